The number of nitrogens with one attached hydrogen (secondary N) is 1. The van der Waals surface area contributed by atoms with Gasteiger partial charge in [0.25, 0.3) is 0 Å². The highest BCUT2D eigenvalue weighted by Gasteiger charge is 2.32. The molecule has 1 fully saturated rings. The fourth-order valence-electron chi connectivity index (χ4n) is 1.66. The summed E-state index contributed by atoms with van der Waals surface area (Å²) in [6.07, 6.45) is 1.59. The summed E-state index contributed by atoms with van der Waals surface area (Å²) in [6.45, 7) is 2.37. The molecule has 1 N–H and O–H groups in total. The van der Waals surface area contributed by atoms with Gasteiger partial charge in [0.2, 0.25) is 5.91 Å². The molecule has 0 spiro atoms. The molecular weight excluding hydrogens is 241 g/mol. The Balaban J connectivity index is 2.35. The van der Waals surface area contributed by atoms with Gasteiger partial charge in [0.15, 0.2) is 0 Å². The van der Waals surface area contributed by atoms with Crippen molar-refractivity contribution in [2.24, 2.45) is 0 Å². The van der Waals surface area contributed by atoms with Crippen molar-refractivity contribution in [3.05, 3.63) is 0 Å². The molecule has 1 saturated heterocycles. The van der Waals surface area contributed by atoms with Crippen LogP contribution >= 0.6 is 11.8 Å². The molecule has 0 saturated carbocycles. The van der Waals surface area contributed by atoms with E-state index >= 15 is 0 Å². The van der Waals surface area contributed by atoms with E-state index in [-0.39, 0.29) is 42.7 Å². The van der Waals surface area contributed by atoms with Crippen LogP contribution < -0.4 is 5.32 Å². The predicted octanol–water partition coefficient (Wildman–Crippen LogP) is 1.80. The van der Waals surface area contributed by atoms with Gasteiger partial charge in [-0.3, -0.25) is 10.1 Å². The largest absolute Gasteiger partial charge is 0.441 e. The van der Waals surface area contributed by atoms with E-state index in [1.54, 1.807) is 0 Å². The summed E-state index contributed by atoms with van der Waals surface area (Å²) in [5, 5.41) is 2.99. The highest BCUT2D eigenvalue weighted by molar-refractivity contribution is 8.00. The molecule has 0 bridgehead atoms. The normalized spacial score (nSPS) is 21.9. The monoisotopic (exact) mass is 256 g/mol. The Bertz CT molecular complexity index is 247. The van der Waals surface area contributed by atoms with E-state index in [1.807, 2.05) is 6.92 Å². The van der Waals surface area contributed by atoms with Crippen molar-refractivity contribution >= 4 is 17.7 Å². The Labute approximate surface area is 96.7 Å². The van der Waals surface area contributed by atoms with Crippen LogP contribution in [0.5, 0.6) is 0 Å². The lowest BCUT2D eigenvalue weighted by atomic mass is 10.2. The van der Waals surface area contributed by atoms with Crippen molar-refractivity contribution in [3.8, 4) is 0 Å². The Morgan fingerprint density at radius 2 is 2.25 bits per heavy atom. The van der Waals surface area contributed by atoms with Gasteiger partial charge in [-0.1, -0.05) is 13.3 Å². The first kappa shape index (κ1) is 13.6. The van der Waals surface area contributed by atoms with Gasteiger partial charge < -0.3 is 4.90 Å². The second kappa shape index (κ2) is 5.77. The number of carbonyl (C=O) groups is 1. The third-order valence-corrected chi connectivity index (χ3v) is 3.06. The number of halogens is 3. The topological polar surface area (TPSA) is 32.3 Å². The lowest BCUT2D eigenvalue weighted by Crippen LogP contribution is -2.38. The molecule has 3 nitrogen and oxygen atoms in total. The van der Waals surface area contributed by atoms with Gasteiger partial charge in [-0.2, -0.15) is 13.2 Å². The minimum Gasteiger partial charge on any atom is -0.325 e. The molecular formula is C9H15F3N2OS. The number of nitrogens with zero attached hydrogens (tertiary/aromatic N) is 1. The van der Waals surface area contributed by atoms with Crippen LogP contribution in [0, 0.1) is 0 Å². The first-order valence-electron chi connectivity index (χ1n) is 5.17. The number of hydrogen-bond donors (Lipinski definition) is 1. The maximum absolute atomic E-state index is 11.9. The molecule has 7 heteroatoms. The zero-order valence-corrected chi connectivity index (χ0v) is 9.83. The SMILES string of the molecule is CCCC1NCC(=O)N1CCSC(F)(F)F. The third kappa shape index (κ3) is 4.21. The van der Waals surface area contributed by atoms with Crippen LogP contribution in [0.2, 0.25) is 0 Å². The third-order valence-electron chi connectivity index (χ3n) is 2.35. The maximum atomic E-state index is 11.9. The summed E-state index contributed by atoms with van der Waals surface area (Å²) in [6, 6.07) is 0. The summed E-state index contributed by atoms with van der Waals surface area (Å²) in [4.78, 5) is 12.9. The van der Waals surface area contributed by atoms with Crippen LogP contribution in [0.4, 0.5) is 13.2 Å². The first-order chi connectivity index (χ1) is 7.44. The van der Waals surface area contributed by atoms with Crippen molar-refractivity contribution in [3.63, 3.8) is 0 Å². The van der Waals surface area contributed by atoms with E-state index in [0.717, 1.165) is 12.8 Å². The number of rotatable bonds is 5. The van der Waals surface area contributed by atoms with Crippen LogP contribution in [0.15, 0.2) is 0 Å². The molecule has 0 aliphatic carbocycles. The van der Waals surface area contributed by atoms with Gasteiger partial charge in [-0.05, 0) is 18.2 Å². The molecule has 0 aromatic carbocycles. The van der Waals surface area contributed by atoms with Crippen LogP contribution in [0.3, 0.4) is 0 Å². The van der Waals surface area contributed by atoms with Crippen molar-refractivity contribution < 1.29 is 18.0 Å². The zero-order valence-electron chi connectivity index (χ0n) is 9.01. The van der Waals surface area contributed by atoms with E-state index in [1.165, 1.54) is 4.90 Å². The standard InChI is InChI=1S/C9H15F3N2OS/c1-2-3-7-13-6-8(15)14(7)4-5-16-9(10,11)12/h7,13H,2-6H2,1H3. The second-order valence-electron chi connectivity index (χ2n) is 3.57. The van der Waals surface area contributed by atoms with Gasteiger partial charge in [0.05, 0.1) is 12.7 Å². The summed E-state index contributed by atoms with van der Waals surface area (Å²) in [5.41, 5.74) is -4.21. The van der Waals surface area contributed by atoms with Crippen LogP contribution in [-0.2, 0) is 4.79 Å². The molecule has 1 unspecified atom stereocenters. The first-order valence-corrected chi connectivity index (χ1v) is 6.16. The fraction of sp³-hybridized carbons (Fsp3) is 0.889. The smallest absolute Gasteiger partial charge is 0.325 e. The average molecular weight is 256 g/mol. The van der Waals surface area contributed by atoms with E-state index in [4.69, 9.17) is 0 Å². The average Bonchev–Trinajstić information content (AvgIpc) is 2.48. The van der Waals surface area contributed by atoms with Crippen molar-refractivity contribution in [2.45, 2.75) is 31.4 Å². The van der Waals surface area contributed by atoms with Gasteiger partial charge in [0, 0.05) is 12.3 Å². The van der Waals surface area contributed by atoms with Gasteiger partial charge in [0.1, 0.15) is 0 Å². The Morgan fingerprint density at radius 1 is 1.56 bits per heavy atom. The van der Waals surface area contributed by atoms with Crippen molar-refractivity contribution in [1.29, 1.82) is 0 Å². The zero-order chi connectivity index (χ0) is 12.2. The quantitative estimate of drug-likeness (QED) is 0.814. The Kier molecular flexibility index (Phi) is 4.91. The predicted molar refractivity (Wildman–Crippen MR) is 56.9 cm³/mol. The Morgan fingerprint density at radius 3 is 2.81 bits per heavy atom. The van der Waals surface area contributed by atoms with Crippen molar-refractivity contribution in [1.82, 2.24) is 10.2 Å². The van der Waals surface area contributed by atoms with Gasteiger partial charge in [-0.15, -0.1) is 0 Å². The minimum atomic E-state index is -4.21. The van der Waals surface area contributed by atoms with Crippen molar-refractivity contribution in [2.75, 3.05) is 18.8 Å². The second-order valence-corrected chi connectivity index (χ2v) is 4.73. The lowest BCUT2D eigenvalue weighted by Gasteiger charge is -2.23. The van der Waals surface area contributed by atoms with Crippen LogP contribution in [0.25, 0.3) is 0 Å². The van der Waals surface area contributed by atoms with Gasteiger partial charge >= 0.3 is 5.51 Å². The Hall–Kier alpha value is -0.430. The molecule has 1 heterocycles. The minimum absolute atomic E-state index is 0.0791. The summed E-state index contributed by atoms with van der Waals surface area (Å²) < 4.78 is 35.7. The molecule has 1 atom stereocenters. The fourth-order valence-corrected chi connectivity index (χ4v) is 2.18. The van der Waals surface area contributed by atoms with Crippen LogP contribution in [0.1, 0.15) is 19.8 Å². The maximum Gasteiger partial charge on any atom is 0.441 e. The molecule has 0 aromatic heterocycles. The molecule has 1 aliphatic heterocycles. The summed E-state index contributed by atoms with van der Waals surface area (Å²) in [5.74, 6) is -0.210. The molecule has 0 radical (unpaired) electrons. The summed E-state index contributed by atoms with van der Waals surface area (Å²) in [7, 11) is 0. The lowest BCUT2D eigenvalue weighted by molar-refractivity contribution is -0.127. The molecule has 1 amide bonds. The number of alkyl halides is 3. The van der Waals surface area contributed by atoms with Crippen LogP contribution in [-0.4, -0.2) is 41.3 Å². The highest BCUT2D eigenvalue weighted by atomic mass is 32.2. The summed E-state index contributed by atoms with van der Waals surface area (Å²) >= 11 is -0.0791. The number of carbonyl (C=O) groups excluding carboxylic acids is 1. The van der Waals surface area contributed by atoms with Gasteiger partial charge in [-0.25, -0.2) is 0 Å². The molecule has 94 valence electrons. The number of hydrogen-bond acceptors (Lipinski definition) is 3. The molecule has 1 rings (SSSR count). The number of amides is 1. The number of thioether (sulfide) groups is 1. The van der Waals surface area contributed by atoms with E-state index in [0.29, 0.717) is 0 Å². The van der Waals surface area contributed by atoms with E-state index < -0.39 is 5.51 Å². The van der Waals surface area contributed by atoms with E-state index in [9.17, 15) is 18.0 Å². The highest BCUT2D eigenvalue weighted by Crippen LogP contribution is 2.30. The van der Waals surface area contributed by atoms with E-state index in [2.05, 4.69) is 5.32 Å². The molecule has 1 aliphatic rings. The molecule has 0 aromatic rings. The molecule has 16 heavy (non-hydrogen) atoms.